The number of fused-ring (bicyclic) bond motifs is 1. The quantitative estimate of drug-likeness (QED) is 0.699. The molecule has 0 amide bonds. The van der Waals surface area contributed by atoms with Crippen LogP contribution in [-0.2, 0) is 24.6 Å². The maximum absolute atomic E-state index is 13.0. The van der Waals surface area contributed by atoms with Gasteiger partial charge in [-0.3, -0.25) is 4.79 Å². The summed E-state index contributed by atoms with van der Waals surface area (Å²) in [6.45, 7) is 0.302. The Hall–Kier alpha value is -1.29. The van der Waals surface area contributed by atoms with Gasteiger partial charge >= 0.3 is 0 Å². The Kier molecular flexibility index (Phi) is 4.02. The molecule has 0 spiro atoms. The van der Waals surface area contributed by atoms with Crippen LogP contribution < -0.4 is 0 Å². The topological polar surface area (TPSA) is 97.8 Å². The molecule has 2 heterocycles. The number of sulfone groups is 1. The largest absolute Gasteiger partial charge is 0.374 e. The fraction of sp³-hybridized carbons (Fsp3) is 0.562. The van der Waals surface area contributed by atoms with Gasteiger partial charge in [0.1, 0.15) is 0 Å². The second-order valence-corrected chi connectivity index (χ2v) is 10.9. The van der Waals surface area contributed by atoms with Crippen LogP contribution in [0.4, 0.5) is 0 Å². The van der Waals surface area contributed by atoms with Crippen LogP contribution in [-0.4, -0.2) is 63.7 Å². The Morgan fingerprint density at radius 3 is 2.44 bits per heavy atom. The number of hydrogen-bond acceptors (Lipinski definition) is 6. The minimum atomic E-state index is -3.84. The molecule has 25 heavy (non-hydrogen) atoms. The van der Waals surface area contributed by atoms with Crippen LogP contribution in [0.15, 0.2) is 29.2 Å². The minimum Gasteiger partial charge on any atom is -0.374 e. The first-order valence-electron chi connectivity index (χ1n) is 8.26. The van der Waals surface area contributed by atoms with E-state index in [2.05, 4.69) is 0 Å². The molecule has 0 radical (unpaired) electrons. The number of hydrogen-bond donors (Lipinski definition) is 0. The third kappa shape index (κ3) is 3.14. The van der Waals surface area contributed by atoms with Crippen molar-refractivity contribution in [2.45, 2.75) is 29.9 Å². The van der Waals surface area contributed by atoms with E-state index >= 15 is 0 Å². The second kappa shape index (κ2) is 5.87. The molecule has 0 bridgehead atoms. The Morgan fingerprint density at radius 2 is 1.80 bits per heavy atom. The summed E-state index contributed by atoms with van der Waals surface area (Å²) in [7, 11) is -7.14. The summed E-state index contributed by atoms with van der Waals surface area (Å²) >= 11 is 0. The van der Waals surface area contributed by atoms with Crippen molar-refractivity contribution in [3.8, 4) is 0 Å². The number of carbonyl (C=O) groups excluding carboxylic acids is 1. The van der Waals surface area contributed by atoms with Crippen molar-refractivity contribution in [1.82, 2.24) is 4.31 Å². The molecule has 3 fully saturated rings. The SMILES string of the molecule is O=C(c1ccc(S(=O)(=O)N2CCOC3CS(=O)(=O)CC32)cc1)C1CC1. The van der Waals surface area contributed by atoms with E-state index in [0.717, 1.165) is 12.8 Å². The second-order valence-electron chi connectivity index (χ2n) is 6.83. The molecule has 2 atom stereocenters. The summed E-state index contributed by atoms with van der Waals surface area (Å²) in [6.07, 6.45) is 1.18. The van der Waals surface area contributed by atoms with E-state index in [9.17, 15) is 21.6 Å². The van der Waals surface area contributed by atoms with Crippen LogP contribution in [0.25, 0.3) is 0 Å². The van der Waals surface area contributed by atoms with Crippen LogP contribution in [0.5, 0.6) is 0 Å². The van der Waals surface area contributed by atoms with Gasteiger partial charge in [0.05, 0.1) is 35.2 Å². The molecular formula is C16H19NO6S2. The molecule has 7 nitrogen and oxygen atoms in total. The van der Waals surface area contributed by atoms with E-state index in [0.29, 0.717) is 5.56 Å². The lowest BCUT2D eigenvalue weighted by molar-refractivity contribution is -0.0141. The Balaban J connectivity index is 1.61. The van der Waals surface area contributed by atoms with Gasteiger partial charge < -0.3 is 4.74 Å². The van der Waals surface area contributed by atoms with E-state index in [1.165, 1.54) is 28.6 Å². The third-order valence-corrected chi connectivity index (χ3v) is 8.60. The van der Waals surface area contributed by atoms with Gasteiger partial charge in [-0.05, 0) is 25.0 Å². The average molecular weight is 385 g/mol. The molecule has 0 N–H and O–H groups in total. The molecule has 1 saturated carbocycles. The van der Waals surface area contributed by atoms with E-state index in [1.54, 1.807) is 0 Å². The fourth-order valence-corrected chi connectivity index (χ4v) is 7.09. The molecule has 1 aromatic carbocycles. The highest BCUT2D eigenvalue weighted by atomic mass is 32.2. The maximum Gasteiger partial charge on any atom is 0.243 e. The zero-order valence-electron chi connectivity index (χ0n) is 13.5. The number of morpholine rings is 1. The van der Waals surface area contributed by atoms with E-state index in [1.807, 2.05) is 0 Å². The van der Waals surface area contributed by atoms with Crippen LogP contribution in [0.2, 0.25) is 0 Å². The predicted molar refractivity (Wildman–Crippen MR) is 89.6 cm³/mol. The first-order chi connectivity index (χ1) is 11.8. The monoisotopic (exact) mass is 385 g/mol. The van der Waals surface area contributed by atoms with Crippen LogP contribution >= 0.6 is 0 Å². The first-order valence-corrected chi connectivity index (χ1v) is 11.5. The zero-order valence-corrected chi connectivity index (χ0v) is 15.1. The van der Waals surface area contributed by atoms with Crippen LogP contribution in [0, 0.1) is 5.92 Å². The Labute approximate surface area is 146 Å². The molecule has 2 aliphatic heterocycles. The van der Waals surface area contributed by atoms with E-state index in [-0.39, 0.29) is 41.3 Å². The fourth-order valence-electron chi connectivity index (χ4n) is 3.49. The van der Waals surface area contributed by atoms with Gasteiger partial charge in [-0.1, -0.05) is 12.1 Å². The number of rotatable bonds is 4. The lowest BCUT2D eigenvalue weighted by atomic mass is 10.1. The summed E-state index contributed by atoms with van der Waals surface area (Å²) in [5, 5.41) is 0. The summed E-state index contributed by atoms with van der Waals surface area (Å²) < 4.78 is 56.3. The molecular weight excluding hydrogens is 366 g/mol. The van der Waals surface area contributed by atoms with E-state index < -0.39 is 32.0 Å². The molecule has 136 valence electrons. The molecule has 9 heteroatoms. The summed E-state index contributed by atoms with van der Waals surface area (Å²) in [5.41, 5.74) is 0.518. The summed E-state index contributed by atoms with van der Waals surface area (Å²) in [4.78, 5) is 12.1. The van der Waals surface area contributed by atoms with Crippen molar-refractivity contribution in [3.05, 3.63) is 29.8 Å². The van der Waals surface area contributed by atoms with Crippen LogP contribution in [0.3, 0.4) is 0 Å². The van der Waals surface area contributed by atoms with Crippen molar-refractivity contribution >= 4 is 25.6 Å². The Morgan fingerprint density at radius 1 is 1.12 bits per heavy atom. The summed E-state index contributed by atoms with van der Waals surface area (Å²) in [5.74, 6) is -0.225. The van der Waals surface area contributed by atoms with Crippen molar-refractivity contribution in [3.63, 3.8) is 0 Å². The molecule has 3 aliphatic rings. The third-order valence-electron chi connectivity index (χ3n) is 4.98. The van der Waals surface area contributed by atoms with Crippen molar-refractivity contribution in [1.29, 1.82) is 0 Å². The van der Waals surface area contributed by atoms with Gasteiger partial charge in [-0.25, -0.2) is 16.8 Å². The van der Waals surface area contributed by atoms with Gasteiger partial charge in [0, 0.05) is 18.0 Å². The highest BCUT2D eigenvalue weighted by Crippen LogP contribution is 2.33. The molecule has 2 unspecified atom stereocenters. The van der Waals surface area contributed by atoms with Gasteiger partial charge in [0.2, 0.25) is 10.0 Å². The molecule has 1 aliphatic carbocycles. The number of carbonyl (C=O) groups is 1. The van der Waals surface area contributed by atoms with Crippen molar-refractivity contribution < 1.29 is 26.4 Å². The lowest BCUT2D eigenvalue weighted by Crippen LogP contribution is -2.53. The first kappa shape index (κ1) is 17.1. The smallest absolute Gasteiger partial charge is 0.243 e. The standard InChI is InChI=1S/C16H19NO6S2/c18-16(11-1-2-11)12-3-5-13(6-4-12)25(21,22)17-7-8-23-15-10-24(19,20)9-14(15)17/h3-6,11,14-15H,1-2,7-10H2. The van der Waals surface area contributed by atoms with Gasteiger partial charge in [-0.2, -0.15) is 4.31 Å². The predicted octanol–water partition coefficient (Wildman–Crippen LogP) is 0.466. The molecule has 1 aromatic rings. The van der Waals surface area contributed by atoms with E-state index in [4.69, 9.17) is 4.74 Å². The highest BCUT2D eigenvalue weighted by molar-refractivity contribution is 7.92. The molecule has 0 aromatic heterocycles. The lowest BCUT2D eigenvalue weighted by Gasteiger charge is -2.35. The van der Waals surface area contributed by atoms with Gasteiger partial charge in [0.15, 0.2) is 15.6 Å². The summed E-state index contributed by atoms with van der Waals surface area (Å²) in [6, 6.07) is 5.25. The number of sulfonamides is 1. The normalized spacial score (nSPS) is 29.3. The molecule has 4 rings (SSSR count). The minimum absolute atomic E-state index is 0.0530. The van der Waals surface area contributed by atoms with Crippen LogP contribution in [0.1, 0.15) is 23.2 Å². The molecule has 2 saturated heterocycles. The number of Topliss-reactive ketones (excluding diaryl/α,β-unsaturated/α-hetero) is 1. The van der Waals surface area contributed by atoms with Crippen molar-refractivity contribution in [2.75, 3.05) is 24.7 Å². The van der Waals surface area contributed by atoms with Crippen molar-refractivity contribution in [2.24, 2.45) is 5.92 Å². The van der Waals surface area contributed by atoms with Gasteiger partial charge in [0.25, 0.3) is 0 Å². The number of ketones is 1. The highest BCUT2D eigenvalue weighted by Gasteiger charge is 2.48. The number of ether oxygens (including phenoxy) is 1. The number of nitrogens with zero attached hydrogens (tertiary/aromatic N) is 1. The maximum atomic E-state index is 13.0. The Bertz CT molecular complexity index is 902. The van der Waals surface area contributed by atoms with Gasteiger partial charge in [-0.15, -0.1) is 0 Å². The average Bonchev–Trinajstić information content (AvgIpc) is 3.35. The zero-order chi connectivity index (χ0) is 17.8. The number of benzene rings is 1.